The number of hydrogen-bond acceptors (Lipinski definition) is 5. The van der Waals surface area contributed by atoms with Crippen LogP contribution < -0.4 is 10.5 Å². The van der Waals surface area contributed by atoms with E-state index in [2.05, 4.69) is 11.8 Å². The second kappa shape index (κ2) is 10.4. The predicted molar refractivity (Wildman–Crippen MR) is 85.6 cm³/mol. The molecule has 0 aliphatic heterocycles. The Balaban J connectivity index is 2.42. The van der Waals surface area contributed by atoms with E-state index in [0.29, 0.717) is 25.4 Å². The first-order valence-corrected chi connectivity index (χ1v) is 7.66. The van der Waals surface area contributed by atoms with Gasteiger partial charge in [0.1, 0.15) is 5.75 Å². The molecule has 0 atom stereocenters. The van der Waals surface area contributed by atoms with Crippen LogP contribution in [0.5, 0.6) is 5.75 Å². The second-order valence-corrected chi connectivity index (χ2v) is 5.11. The first-order chi connectivity index (χ1) is 10.2. The molecule has 0 aliphatic carbocycles. The van der Waals surface area contributed by atoms with Gasteiger partial charge in [0, 0.05) is 13.1 Å². The fourth-order valence-electron chi connectivity index (χ4n) is 2.22. The Morgan fingerprint density at radius 1 is 1.14 bits per heavy atom. The lowest BCUT2D eigenvalue weighted by molar-refractivity contribution is 0.160. The summed E-state index contributed by atoms with van der Waals surface area (Å²) in [6, 6.07) is 5.94. The monoisotopic (exact) mass is 296 g/mol. The topological polar surface area (TPSA) is 79.0 Å². The van der Waals surface area contributed by atoms with Gasteiger partial charge >= 0.3 is 0 Å². The fourth-order valence-corrected chi connectivity index (χ4v) is 2.22. The minimum Gasteiger partial charge on any atom is -0.491 e. The van der Waals surface area contributed by atoms with Crippen molar-refractivity contribution in [2.24, 2.45) is 0 Å². The van der Waals surface area contributed by atoms with Gasteiger partial charge in [-0.25, -0.2) is 0 Å². The van der Waals surface area contributed by atoms with Crippen molar-refractivity contribution in [3.63, 3.8) is 0 Å². The van der Waals surface area contributed by atoms with Crippen LogP contribution >= 0.6 is 0 Å². The normalized spacial score (nSPS) is 11.0. The lowest BCUT2D eigenvalue weighted by Gasteiger charge is -2.19. The van der Waals surface area contributed by atoms with Crippen LogP contribution in [-0.2, 0) is 6.42 Å². The number of hydrogen-bond donors (Lipinski definition) is 3. The highest BCUT2D eigenvalue weighted by molar-refractivity contribution is 5.54. The molecule has 0 saturated carbocycles. The second-order valence-electron chi connectivity index (χ2n) is 5.11. The largest absolute Gasteiger partial charge is 0.491 e. The molecule has 1 aromatic carbocycles. The molecule has 0 aromatic heterocycles. The summed E-state index contributed by atoms with van der Waals surface area (Å²) in [5.74, 6) is 0.753. The van der Waals surface area contributed by atoms with Crippen molar-refractivity contribution in [3.8, 4) is 5.75 Å². The Morgan fingerprint density at radius 3 is 2.43 bits per heavy atom. The van der Waals surface area contributed by atoms with Gasteiger partial charge in [0.05, 0.1) is 25.5 Å². The molecule has 0 spiro atoms. The molecule has 5 nitrogen and oxygen atoms in total. The van der Waals surface area contributed by atoms with E-state index >= 15 is 0 Å². The number of nitrogen functional groups attached to an aromatic ring is 1. The third-order valence-corrected chi connectivity index (χ3v) is 3.31. The zero-order valence-corrected chi connectivity index (χ0v) is 12.9. The smallest absolute Gasteiger partial charge is 0.142 e. The lowest BCUT2D eigenvalue weighted by atomic mass is 10.1. The molecule has 0 aliphatic rings. The van der Waals surface area contributed by atoms with Crippen LogP contribution in [0.15, 0.2) is 18.2 Å². The van der Waals surface area contributed by atoms with Crippen LogP contribution in [0.3, 0.4) is 0 Å². The molecule has 1 rings (SSSR count). The van der Waals surface area contributed by atoms with Gasteiger partial charge in [0.15, 0.2) is 0 Å². The van der Waals surface area contributed by atoms with Gasteiger partial charge in [-0.1, -0.05) is 13.0 Å². The van der Waals surface area contributed by atoms with E-state index in [9.17, 15) is 0 Å². The predicted octanol–water partition coefficient (Wildman–Crippen LogP) is 1.28. The van der Waals surface area contributed by atoms with E-state index in [1.54, 1.807) is 0 Å². The summed E-state index contributed by atoms with van der Waals surface area (Å²) < 4.78 is 5.56. The first-order valence-electron chi connectivity index (χ1n) is 7.66. The van der Waals surface area contributed by atoms with E-state index in [1.165, 1.54) is 5.56 Å². The number of aliphatic hydroxyl groups excluding tert-OH is 2. The maximum absolute atomic E-state index is 8.96. The zero-order valence-electron chi connectivity index (χ0n) is 12.9. The average Bonchev–Trinajstić information content (AvgIpc) is 2.47. The highest BCUT2D eigenvalue weighted by Crippen LogP contribution is 2.23. The van der Waals surface area contributed by atoms with Gasteiger partial charge in [-0.15, -0.1) is 0 Å². The molecule has 21 heavy (non-hydrogen) atoms. The lowest BCUT2D eigenvalue weighted by Crippen LogP contribution is -2.31. The molecule has 0 fully saturated rings. The summed E-state index contributed by atoms with van der Waals surface area (Å²) in [7, 11) is 0. The van der Waals surface area contributed by atoms with Gasteiger partial charge in [-0.2, -0.15) is 0 Å². The van der Waals surface area contributed by atoms with Gasteiger partial charge in [-0.3, -0.25) is 4.90 Å². The maximum Gasteiger partial charge on any atom is 0.142 e. The minimum atomic E-state index is 0.121. The van der Waals surface area contributed by atoms with E-state index in [4.69, 9.17) is 20.7 Å². The number of aliphatic hydroxyl groups is 2. The van der Waals surface area contributed by atoms with Crippen molar-refractivity contribution in [1.29, 1.82) is 0 Å². The number of nitrogens with two attached hydrogens (primary N) is 1. The number of nitrogens with zero attached hydrogens (tertiary/aromatic N) is 1. The molecule has 0 amide bonds. The molecular weight excluding hydrogens is 268 g/mol. The van der Waals surface area contributed by atoms with Crippen LogP contribution in [-0.4, -0.2) is 54.6 Å². The molecular formula is C16H28N2O3. The Labute approximate surface area is 127 Å². The minimum absolute atomic E-state index is 0.121. The molecule has 4 N–H and O–H groups in total. The number of ether oxygens (including phenoxy) is 1. The number of anilines is 1. The molecule has 0 bridgehead atoms. The fraction of sp³-hybridized carbons (Fsp3) is 0.625. The molecule has 0 unspecified atom stereocenters. The van der Waals surface area contributed by atoms with E-state index < -0.39 is 0 Å². The first kappa shape index (κ1) is 17.8. The highest BCUT2D eigenvalue weighted by Gasteiger charge is 2.05. The van der Waals surface area contributed by atoms with Crippen molar-refractivity contribution in [2.75, 3.05) is 45.2 Å². The molecule has 5 heteroatoms. The van der Waals surface area contributed by atoms with E-state index in [0.717, 1.165) is 31.6 Å². The van der Waals surface area contributed by atoms with Crippen LogP contribution in [0.2, 0.25) is 0 Å². The molecule has 0 heterocycles. The quantitative estimate of drug-likeness (QED) is 0.536. The third kappa shape index (κ3) is 6.80. The van der Waals surface area contributed by atoms with Crippen molar-refractivity contribution in [2.45, 2.75) is 26.2 Å². The summed E-state index contributed by atoms with van der Waals surface area (Å²) in [5, 5.41) is 17.9. The Morgan fingerprint density at radius 2 is 1.86 bits per heavy atom. The summed E-state index contributed by atoms with van der Waals surface area (Å²) in [6.45, 7) is 5.05. The number of aryl methyl sites for hydroxylation is 1. The summed E-state index contributed by atoms with van der Waals surface area (Å²) in [5.41, 5.74) is 7.86. The molecule has 0 radical (unpaired) electrons. The molecule has 0 saturated heterocycles. The number of benzene rings is 1. The van der Waals surface area contributed by atoms with E-state index in [1.807, 2.05) is 18.2 Å². The van der Waals surface area contributed by atoms with Crippen LogP contribution in [0.4, 0.5) is 5.69 Å². The summed E-state index contributed by atoms with van der Waals surface area (Å²) in [6.07, 6.45) is 2.85. The third-order valence-electron chi connectivity index (χ3n) is 3.31. The standard InChI is InChI=1S/C16H28N2O3/c1-2-12-21-16-6-5-14(13-15(16)17)4-3-7-18(8-10-19)9-11-20/h5-6,13,19-20H,2-4,7-12,17H2,1H3. The SMILES string of the molecule is CCCOc1ccc(CCCN(CCO)CCO)cc1N. The van der Waals surface area contributed by atoms with Crippen molar-refractivity contribution in [1.82, 2.24) is 4.90 Å². The van der Waals surface area contributed by atoms with Crippen molar-refractivity contribution in [3.05, 3.63) is 23.8 Å². The van der Waals surface area contributed by atoms with E-state index in [-0.39, 0.29) is 13.2 Å². The van der Waals surface area contributed by atoms with Crippen molar-refractivity contribution >= 4 is 5.69 Å². The van der Waals surface area contributed by atoms with Crippen molar-refractivity contribution < 1.29 is 14.9 Å². The molecule has 120 valence electrons. The van der Waals surface area contributed by atoms with Crippen LogP contribution in [0.25, 0.3) is 0 Å². The zero-order chi connectivity index (χ0) is 15.5. The van der Waals surface area contributed by atoms with Gasteiger partial charge in [-0.05, 0) is 43.5 Å². The Bertz CT molecular complexity index is 393. The van der Waals surface area contributed by atoms with Crippen LogP contribution in [0, 0.1) is 0 Å². The average molecular weight is 296 g/mol. The maximum atomic E-state index is 8.96. The van der Waals surface area contributed by atoms with Gasteiger partial charge in [0.25, 0.3) is 0 Å². The highest BCUT2D eigenvalue weighted by atomic mass is 16.5. The van der Waals surface area contributed by atoms with Crippen LogP contribution in [0.1, 0.15) is 25.3 Å². The summed E-state index contributed by atoms with van der Waals surface area (Å²) in [4.78, 5) is 2.06. The van der Waals surface area contributed by atoms with Gasteiger partial charge < -0.3 is 20.7 Å². The van der Waals surface area contributed by atoms with Gasteiger partial charge in [0.2, 0.25) is 0 Å². The Hall–Kier alpha value is -1.30. The Kier molecular flexibility index (Phi) is 8.82. The molecule has 1 aromatic rings. The number of rotatable bonds is 11. The summed E-state index contributed by atoms with van der Waals surface area (Å²) >= 11 is 0.